The number of aldehydes is 2. The zero-order chi connectivity index (χ0) is 60.4. The highest BCUT2D eigenvalue weighted by Gasteiger charge is 2.32. The first-order valence-electron chi connectivity index (χ1n) is 24.3. The first-order valence-corrected chi connectivity index (χ1v) is 27.7. The van der Waals surface area contributed by atoms with Crippen LogP contribution in [0, 0.1) is 11.6 Å². The average Bonchev–Trinajstić information content (AvgIpc) is 4.09. The van der Waals surface area contributed by atoms with E-state index in [9.17, 15) is 42.3 Å². The number of hydrogen-bond acceptors (Lipinski definition) is 19. The SMILES string of the molecule is O=C1CSC(=S)N1Cc1ccc(F)cc1.O=COc1ccc(-c2cccc(/C=C3\SC(=S)N(Cc4ccc(F)cc4)C3=O)n2)cc1.O=COc1ccc(-c2cccc(C=O)n2)cc1.O=COc1ccc(B(O)O)cc1.O=Cc1cccc(Br)n1. The molecule has 2 aliphatic heterocycles. The number of carbonyl (C=O) groups is 7. The van der Waals surface area contributed by atoms with Gasteiger partial charge >= 0.3 is 7.12 Å². The van der Waals surface area contributed by atoms with Gasteiger partial charge in [-0.3, -0.25) is 43.4 Å². The molecule has 5 heterocycles. The van der Waals surface area contributed by atoms with Crippen LogP contribution in [0.5, 0.6) is 17.2 Å². The van der Waals surface area contributed by atoms with Crippen LogP contribution in [-0.4, -0.2) is 100 Å². The van der Waals surface area contributed by atoms with Crippen LogP contribution in [0.2, 0.25) is 0 Å². The fourth-order valence-corrected chi connectivity index (χ4v) is 9.67. The molecule has 0 saturated carbocycles. The summed E-state index contributed by atoms with van der Waals surface area (Å²) in [6.45, 7) is 1.78. The molecular formula is C59H43BBrF2N5O12S4. The summed E-state index contributed by atoms with van der Waals surface area (Å²) in [7, 11) is -1.49. The van der Waals surface area contributed by atoms with Gasteiger partial charge in [0.1, 0.15) is 53.5 Å². The molecule has 0 aliphatic carbocycles. The molecule has 2 N–H and O–H groups in total. The molecule has 84 heavy (non-hydrogen) atoms. The van der Waals surface area contributed by atoms with Crippen molar-refractivity contribution < 1.29 is 66.6 Å². The summed E-state index contributed by atoms with van der Waals surface area (Å²) in [5, 5.41) is 17.4. The standard InChI is InChI=1S/C23H15FN2O3S2.C13H9NO3.C10H8FNOS2.C7H7BO4.C6H4BrNO/c24-17-8-4-15(5-9-17)13-26-22(28)21(31-23(26)30)12-18-2-1-3-20(25-18)16-6-10-19(11-7-16)29-14-27;15-8-11-2-1-3-13(14-11)10-4-6-12(7-5-10)17-9-16;11-8-3-1-7(2-4-8)5-12-9(13)6-15-10(12)14;9-5-12-7-3-1-6(2-4-7)8(10)11;7-6-3-1-2-5(4-9)8-6/h1-12,14H,13H2;1-9H;1-4H,5-6H2;1-5,10-11H;1-4H/b21-12-;;;;. The van der Waals surface area contributed by atoms with Gasteiger partial charge in [0, 0.05) is 11.1 Å². The third-order valence-corrected chi connectivity index (χ3v) is 14.3. The smallest absolute Gasteiger partial charge is 0.429 e. The van der Waals surface area contributed by atoms with Gasteiger partial charge in [-0.15, -0.1) is 0 Å². The van der Waals surface area contributed by atoms with E-state index in [-0.39, 0.29) is 30.0 Å². The lowest BCUT2D eigenvalue weighted by atomic mass is 9.80. The Labute approximate surface area is 507 Å². The van der Waals surface area contributed by atoms with E-state index in [1.165, 1.54) is 77.0 Å². The van der Waals surface area contributed by atoms with Crippen LogP contribution in [0.25, 0.3) is 28.6 Å². The van der Waals surface area contributed by atoms with Crippen LogP contribution in [-0.2, 0) is 37.1 Å². The number of pyridine rings is 3. The fraction of sp³-hybridized carbons (Fsp3) is 0.0508. The third-order valence-electron chi connectivity index (χ3n) is 11.1. The van der Waals surface area contributed by atoms with E-state index in [1.54, 1.807) is 120 Å². The molecule has 2 amide bonds. The third kappa shape index (κ3) is 20.3. The number of halogens is 3. The minimum absolute atomic E-state index is 0.0225. The summed E-state index contributed by atoms with van der Waals surface area (Å²) >= 11 is 16.1. The second kappa shape index (κ2) is 33.3. The topological polar surface area (TPSA) is 233 Å². The highest BCUT2D eigenvalue weighted by Crippen LogP contribution is 2.34. The van der Waals surface area contributed by atoms with E-state index in [0.717, 1.165) is 22.3 Å². The largest absolute Gasteiger partial charge is 0.488 e. The Morgan fingerprint density at radius 1 is 0.548 bits per heavy atom. The number of nitrogens with zero attached hydrogens (tertiary/aromatic N) is 5. The fourth-order valence-electron chi connectivity index (χ4n) is 7.00. The maximum atomic E-state index is 13.1. The number of ether oxygens (including phenoxy) is 3. The Morgan fingerprint density at radius 2 is 0.976 bits per heavy atom. The number of aromatic nitrogens is 3. The number of carbonyl (C=O) groups excluding carboxylic acids is 7. The molecule has 25 heteroatoms. The van der Waals surface area contributed by atoms with Gasteiger partial charge in [-0.25, -0.2) is 23.7 Å². The van der Waals surface area contributed by atoms with Crippen LogP contribution in [0.3, 0.4) is 0 Å². The molecule has 3 aromatic heterocycles. The molecule has 5 aromatic carbocycles. The number of benzene rings is 5. The lowest BCUT2D eigenvalue weighted by molar-refractivity contribution is -0.124. The van der Waals surface area contributed by atoms with Crippen molar-refractivity contribution in [3.8, 4) is 39.8 Å². The van der Waals surface area contributed by atoms with Gasteiger partial charge in [0.15, 0.2) is 12.6 Å². The molecule has 0 spiro atoms. The number of thiocarbonyl (C=S) groups is 2. The predicted molar refractivity (Wildman–Crippen MR) is 326 cm³/mol. The minimum atomic E-state index is -1.49. The first kappa shape index (κ1) is 64.4. The molecule has 10 rings (SSSR count). The van der Waals surface area contributed by atoms with E-state index >= 15 is 0 Å². The van der Waals surface area contributed by atoms with E-state index in [0.29, 0.717) is 114 Å². The molecule has 424 valence electrons. The van der Waals surface area contributed by atoms with Crippen LogP contribution in [0.4, 0.5) is 8.78 Å². The minimum Gasteiger partial charge on any atom is -0.429 e. The van der Waals surface area contributed by atoms with Crippen LogP contribution >= 0.6 is 63.9 Å². The Hall–Kier alpha value is -8.82. The van der Waals surface area contributed by atoms with Crippen molar-refractivity contribution in [3.05, 3.63) is 225 Å². The van der Waals surface area contributed by atoms with Crippen molar-refractivity contribution in [1.29, 1.82) is 0 Å². The van der Waals surface area contributed by atoms with Crippen LogP contribution in [0.15, 0.2) is 185 Å². The Balaban J connectivity index is 0.000000182. The summed E-state index contributed by atoms with van der Waals surface area (Å²) in [4.78, 5) is 91.5. The van der Waals surface area contributed by atoms with E-state index in [1.807, 2.05) is 18.2 Å². The van der Waals surface area contributed by atoms with Gasteiger partial charge in [-0.05, 0) is 160 Å². The molecule has 0 atom stereocenters. The van der Waals surface area contributed by atoms with Gasteiger partial charge in [-0.2, -0.15) is 0 Å². The van der Waals surface area contributed by atoms with E-state index in [4.69, 9.17) is 39.2 Å². The summed E-state index contributed by atoms with van der Waals surface area (Å²) in [6, 6.07) is 47.7. The molecule has 0 unspecified atom stereocenters. The normalized spacial score (nSPS) is 12.6. The lowest BCUT2D eigenvalue weighted by Gasteiger charge is -2.14. The Bertz CT molecular complexity index is 3620. The Morgan fingerprint density at radius 3 is 1.39 bits per heavy atom. The summed E-state index contributed by atoms with van der Waals surface area (Å²) in [5.41, 5.74) is 6.60. The second-order valence-corrected chi connectivity index (χ2v) is 20.8. The van der Waals surface area contributed by atoms with E-state index < -0.39 is 7.12 Å². The highest BCUT2D eigenvalue weighted by molar-refractivity contribution is 9.10. The second-order valence-electron chi connectivity index (χ2n) is 16.7. The van der Waals surface area contributed by atoms with E-state index in [2.05, 4.69) is 40.4 Å². The van der Waals surface area contributed by atoms with Crippen molar-refractivity contribution in [2.75, 3.05) is 5.75 Å². The van der Waals surface area contributed by atoms with Crippen molar-refractivity contribution in [2.45, 2.75) is 13.1 Å². The highest BCUT2D eigenvalue weighted by atomic mass is 79.9. The monoisotopic (exact) mass is 1270 g/mol. The molecule has 2 aliphatic rings. The summed E-state index contributed by atoms with van der Waals surface area (Å²) < 4.78 is 41.5. The van der Waals surface area contributed by atoms with Crippen LogP contribution in [0.1, 0.15) is 37.8 Å². The average molecular weight is 1270 g/mol. The van der Waals surface area contributed by atoms with Crippen molar-refractivity contribution in [2.24, 2.45) is 0 Å². The maximum absolute atomic E-state index is 13.1. The van der Waals surface area contributed by atoms with Crippen molar-refractivity contribution in [3.63, 3.8) is 0 Å². The van der Waals surface area contributed by atoms with Crippen LogP contribution < -0.4 is 19.7 Å². The Kier molecular flexibility index (Phi) is 25.5. The molecule has 2 fully saturated rings. The number of rotatable bonds is 16. The molecular weight excluding hydrogens is 1230 g/mol. The van der Waals surface area contributed by atoms with Gasteiger partial charge in [0.2, 0.25) is 5.91 Å². The van der Waals surface area contributed by atoms with Gasteiger partial charge in [0.05, 0.1) is 40.8 Å². The zero-order valence-electron chi connectivity index (χ0n) is 43.4. The number of thioether (sulfide) groups is 2. The number of hydrogen-bond donors (Lipinski definition) is 2. The summed E-state index contributed by atoms with van der Waals surface area (Å²) in [5.74, 6) is 0.912. The molecule has 0 bridgehead atoms. The van der Waals surface area contributed by atoms with Crippen molar-refractivity contribution in [1.82, 2.24) is 24.8 Å². The first-order chi connectivity index (χ1) is 40.6. The van der Waals surface area contributed by atoms with Gasteiger partial charge in [0.25, 0.3) is 25.3 Å². The predicted octanol–water partition coefficient (Wildman–Crippen LogP) is 9.66. The lowest BCUT2D eigenvalue weighted by Crippen LogP contribution is -2.29. The quantitative estimate of drug-likeness (QED) is 0.0301. The molecule has 17 nitrogen and oxygen atoms in total. The zero-order valence-corrected chi connectivity index (χ0v) is 48.2. The van der Waals surface area contributed by atoms with Gasteiger partial charge in [-0.1, -0.05) is 103 Å². The summed E-state index contributed by atoms with van der Waals surface area (Å²) in [6.07, 6.45) is 3.12. The molecule has 8 aromatic rings. The number of amides is 2. The molecule has 2 saturated heterocycles. The van der Waals surface area contributed by atoms with Crippen molar-refractivity contribution >= 4 is 135 Å². The molecule has 0 radical (unpaired) electrons. The maximum Gasteiger partial charge on any atom is 0.488 e. The van der Waals surface area contributed by atoms with Gasteiger partial charge < -0.3 is 24.3 Å².